The average Bonchev–Trinajstić information content (AvgIpc) is 2.52. The highest BCUT2D eigenvalue weighted by Crippen LogP contribution is 2.28. The van der Waals surface area contributed by atoms with E-state index in [1.165, 1.54) is 0 Å². The van der Waals surface area contributed by atoms with Crippen molar-refractivity contribution in [2.24, 2.45) is 10.8 Å². The van der Waals surface area contributed by atoms with E-state index in [-0.39, 0.29) is 25.8 Å². The van der Waals surface area contributed by atoms with E-state index in [9.17, 15) is 10.2 Å². The lowest BCUT2D eigenvalue weighted by atomic mass is 9.90. The largest absolute Gasteiger partial charge is 0.396 e. The summed E-state index contributed by atoms with van der Waals surface area (Å²) in [7, 11) is 0. The van der Waals surface area contributed by atoms with Crippen LogP contribution in [0.1, 0.15) is 13.8 Å². The molecule has 0 atom stereocenters. The summed E-state index contributed by atoms with van der Waals surface area (Å²) in [6, 6.07) is 0. The molecule has 0 aliphatic carbocycles. The molecule has 2 heterocycles. The summed E-state index contributed by atoms with van der Waals surface area (Å²) in [6.07, 6.45) is -0.509. The highest BCUT2D eigenvalue weighted by molar-refractivity contribution is 4.84. The normalized spacial score (nSPS) is 41.1. The quantitative estimate of drug-likeness (QED) is 0.699. The van der Waals surface area contributed by atoms with E-state index in [0.717, 1.165) is 0 Å². The van der Waals surface area contributed by atoms with E-state index in [1.54, 1.807) is 0 Å². The van der Waals surface area contributed by atoms with Gasteiger partial charge in [0.25, 0.3) is 0 Å². The first kappa shape index (κ1) is 17.1. The standard InChI is InChI=1S/C14H26O7/c1-11-18-7-13(3-15,8-19-11)5-17-6-14(4-16)9-20-12(2)21-10-14/h11-12,15-16H,3-10H2,1-2H3. The van der Waals surface area contributed by atoms with Gasteiger partial charge in [-0.3, -0.25) is 0 Å². The fourth-order valence-electron chi connectivity index (χ4n) is 2.28. The highest BCUT2D eigenvalue weighted by Gasteiger charge is 2.39. The van der Waals surface area contributed by atoms with Gasteiger partial charge in [0.15, 0.2) is 12.6 Å². The summed E-state index contributed by atoms with van der Waals surface area (Å²) >= 11 is 0. The van der Waals surface area contributed by atoms with Gasteiger partial charge in [-0.25, -0.2) is 0 Å². The molecule has 2 rings (SSSR count). The van der Waals surface area contributed by atoms with Crippen LogP contribution in [0.2, 0.25) is 0 Å². The molecule has 0 bridgehead atoms. The number of ether oxygens (including phenoxy) is 5. The van der Waals surface area contributed by atoms with Crippen LogP contribution in [-0.4, -0.2) is 75.6 Å². The Kier molecular flexibility index (Phi) is 5.96. The molecule has 2 aliphatic heterocycles. The second kappa shape index (κ2) is 7.32. The summed E-state index contributed by atoms with van der Waals surface area (Å²) in [6.45, 7) is 5.65. The lowest BCUT2D eigenvalue weighted by Gasteiger charge is -2.40. The maximum absolute atomic E-state index is 9.58. The Labute approximate surface area is 125 Å². The van der Waals surface area contributed by atoms with Gasteiger partial charge in [-0.05, 0) is 13.8 Å². The lowest BCUT2D eigenvalue weighted by Crippen LogP contribution is -2.50. The zero-order valence-corrected chi connectivity index (χ0v) is 12.7. The van der Waals surface area contributed by atoms with Crippen LogP contribution < -0.4 is 0 Å². The highest BCUT2D eigenvalue weighted by atomic mass is 16.7. The number of hydrogen-bond acceptors (Lipinski definition) is 7. The molecule has 2 saturated heterocycles. The van der Waals surface area contributed by atoms with Crippen molar-refractivity contribution in [3.8, 4) is 0 Å². The minimum atomic E-state index is -0.549. The maximum atomic E-state index is 9.58. The molecule has 0 spiro atoms. The summed E-state index contributed by atoms with van der Waals surface area (Å²) in [5.41, 5.74) is -1.10. The Bertz CT molecular complexity index is 276. The molecule has 7 heteroatoms. The van der Waals surface area contributed by atoms with Gasteiger partial charge >= 0.3 is 0 Å². The Morgan fingerprint density at radius 2 is 1.14 bits per heavy atom. The molecule has 0 amide bonds. The fraction of sp³-hybridized carbons (Fsp3) is 1.00. The molecular formula is C14H26O7. The molecule has 0 aromatic rings. The first-order valence-corrected chi connectivity index (χ1v) is 7.29. The first-order chi connectivity index (χ1) is 10.0. The van der Waals surface area contributed by atoms with Crippen molar-refractivity contribution in [1.82, 2.24) is 0 Å². The topological polar surface area (TPSA) is 86.6 Å². The number of aliphatic hydroxyl groups excluding tert-OH is 2. The van der Waals surface area contributed by atoms with Crippen molar-refractivity contribution in [2.75, 3.05) is 52.9 Å². The van der Waals surface area contributed by atoms with Crippen LogP contribution in [0, 0.1) is 10.8 Å². The molecular weight excluding hydrogens is 280 g/mol. The van der Waals surface area contributed by atoms with E-state index in [4.69, 9.17) is 23.7 Å². The number of aliphatic hydroxyl groups is 2. The van der Waals surface area contributed by atoms with Crippen molar-refractivity contribution in [1.29, 1.82) is 0 Å². The van der Waals surface area contributed by atoms with Gasteiger partial charge in [0.05, 0.1) is 63.7 Å². The zero-order valence-electron chi connectivity index (χ0n) is 12.7. The summed E-state index contributed by atoms with van der Waals surface area (Å²) < 4.78 is 27.5. The molecule has 2 fully saturated rings. The molecule has 0 unspecified atom stereocenters. The minimum Gasteiger partial charge on any atom is -0.396 e. The van der Waals surface area contributed by atoms with E-state index in [2.05, 4.69) is 0 Å². The van der Waals surface area contributed by atoms with Gasteiger partial charge in [-0.2, -0.15) is 0 Å². The number of rotatable bonds is 6. The molecule has 0 aromatic heterocycles. The number of hydrogen-bond donors (Lipinski definition) is 2. The average molecular weight is 306 g/mol. The predicted octanol–water partition coefficient (Wildman–Crippen LogP) is -0.254. The molecule has 21 heavy (non-hydrogen) atoms. The molecule has 7 nitrogen and oxygen atoms in total. The van der Waals surface area contributed by atoms with Crippen LogP contribution in [0.5, 0.6) is 0 Å². The molecule has 0 saturated carbocycles. The van der Waals surface area contributed by atoms with Gasteiger partial charge in [-0.15, -0.1) is 0 Å². The second-order valence-corrected chi connectivity index (χ2v) is 6.19. The summed E-state index contributed by atoms with van der Waals surface area (Å²) in [5, 5.41) is 19.2. The minimum absolute atomic E-state index is 0.0735. The summed E-state index contributed by atoms with van der Waals surface area (Å²) in [5.74, 6) is 0. The Morgan fingerprint density at radius 1 is 0.810 bits per heavy atom. The van der Waals surface area contributed by atoms with Crippen molar-refractivity contribution in [3.05, 3.63) is 0 Å². The predicted molar refractivity (Wildman–Crippen MR) is 72.6 cm³/mol. The molecule has 124 valence electrons. The van der Waals surface area contributed by atoms with Crippen LogP contribution in [0.4, 0.5) is 0 Å². The lowest BCUT2D eigenvalue weighted by molar-refractivity contribution is -0.256. The third kappa shape index (κ3) is 4.35. The van der Waals surface area contributed by atoms with Crippen LogP contribution in [0.25, 0.3) is 0 Å². The van der Waals surface area contributed by atoms with Gasteiger partial charge in [0.2, 0.25) is 0 Å². The van der Waals surface area contributed by atoms with Crippen molar-refractivity contribution >= 4 is 0 Å². The third-order valence-electron chi connectivity index (χ3n) is 3.98. The van der Waals surface area contributed by atoms with E-state index >= 15 is 0 Å². The van der Waals surface area contributed by atoms with E-state index in [0.29, 0.717) is 39.6 Å². The molecule has 2 N–H and O–H groups in total. The van der Waals surface area contributed by atoms with E-state index in [1.807, 2.05) is 13.8 Å². The molecule has 0 radical (unpaired) electrons. The second-order valence-electron chi connectivity index (χ2n) is 6.19. The molecule has 2 aliphatic rings. The van der Waals surface area contributed by atoms with E-state index < -0.39 is 10.8 Å². The maximum Gasteiger partial charge on any atom is 0.154 e. The van der Waals surface area contributed by atoms with Crippen LogP contribution in [0.3, 0.4) is 0 Å². The van der Waals surface area contributed by atoms with Gasteiger partial charge in [0, 0.05) is 0 Å². The monoisotopic (exact) mass is 306 g/mol. The van der Waals surface area contributed by atoms with Crippen LogP contribution in [0.15, 0.2) is 0 Å². The van der Waals surface area contributed by atoms with Crippen molar-refractivity contribution < 1.29 is 33.9 Å². The van der Waals surface area contributed by atoms with Crippen LogP contribution >= 0.6 is 0 Å². The molecule has 0 aromatic carbocycles. The Morgan fingerprint density at radius 3 is 1.43 bits per heavy atom. The third-order valence-corrected chi connectivity index (χ3v) is 3.98. The smallest absolute Gasteiger partial charge is 0.154 e. The van der Waals surface area contributed by atoms with Gasteiger partial charge in [0.1, 0.15) is 0 Å². The first-order valence-electron chi connectivity index (χ1n) is 7.29. The Hall–Kier alpha value is -0.280. The SMILES string of the molecule is CC1OCC(CO)(COCC2(CO)COC(C)OC2)CO1. The van der Waals surface area contributed by atoms with Crippen LogP contribution in [-0.2, 0) is 23.7 Å². The van der Waals surface area contributed by atoms with Gasteiger partial charge < -0.3 is 33.9 Å². The fourth-order valence-corrected chi connectivity index (χ4v) is 2.28. The van der Waals surface area contributed by atoms with Crippen molar-refractivity contribution in [2.45, 2.75) is 26.4 Å². The van der Waals surface area contributed by atoms with Gasteiger partial charge in [-0.1, -0.05) is 0 Å². The summed E-state index contributed by atoms with van der Waals surface area (Å²) in [4.78, 5) is 0. The zero-order chi connectivity index (χ0) is 15.3. The Balaban J connectivity index is 1.81. The van der Waals surface area contributed by atoms with Crippen molar-refractivity contribution in [3.63, 3.8) is 0 Å².